The van der Waals surface area contributed by atoms with Crippen LogP contribution in [0.4, 0.5) is 10.1 Å². The lowest BCUT2D eigenvalue weighted by Gasteiger charge is -2.34. The highest BCUT2D eigenvalue weighted by molar-refractivity contribution is 7.92. The van der Waals surface area contributed by atoms with Gasteiger partial charge in [-0.15, -0.1) is 0 Å². The van der Waals surface area contributed by atoms with Crippen LogP contribution in [0.2, 0.25) is 10.0 Å². The summed E-state index contributed by atoms with van der Waals surface area (Å²) in [6.07, 6.45) is 1.23. The molecule has 0 aliphatic carbocycles. The van der Waals surface area contributed by atoms with Gasteiger partial charge in [0.2, 0.25) is 21.8 Å². The minimum Gasteiger partial charge on any atom is -0.350 e. The molecule has 0 radical (unpaired) electrons. The number of amides is 2. The fraction of sp³-hybridized carbons (Fsp3) is 0.417. The first-order chi connectivity index (χ1) is 16.1. The van der Waals surface area contributed by atoms with Gasteiger partial charge in [-0.25, -0.2) is 12.8 Å². The molecular formula is C24H30Cl2FN3O4S. The van der Waals surface area contributed by atoms with E-state index >= 15 is 0 Å². The fourth-order valence-corrected chi connectivity index (χ4v) is 4.56. The molecule has 35 heavy (non-hydrogen) atoms. The van der Waals surface area contributed by atoms with E-state index < -0.39 is 39.9 Å². The second kappa shape index (κ2) is 11.6. The van der Waals surface area contributed by atoms with Crippen LogP contribution in [0.5, 0.6) is 0 Å². The van der Waals surface area contributed by atoms with Crippen molar-refractivity contribution < 1.29 is 22.4 Å². The second-order valence-corrected chi connectivity index (χ2v) is 11.9. The fourth-order valence-electron chi connectivity index (χ4n) is 3.41. The maximum absolute atomic E-state index is 13.7. The van der Waals surface area contributed by atoms with Crippen LogP contribution in [0.3, 0.4) is 0 Å². The van der Waals surface area contributed by atoms with Gasteiger partial charge in [0, 0.05) is 17.1 Å². The minimum atomic E-state index is -3.95. The lowest BCUT2D eigenvalue weighted by Crippen LogP contribution is -2.55. The molecule has 1 atom stereocenters. The Morgan fingerprint density at radius 2 is 1.69 bits per heavy atom. The van der Waals surface area contributed by atoms with E-state index in [2.05, 4.69) is 5.32 Å². The lowest BCUT2D eigenvalue weighted by molar-refractivity contribution is -0.141. The maximum atomic E-state index is 13.7. The number of carbonyl (C=O) groups excluding carboxylic acids is 2. The monoisotopic (exact) mass is 545 g/mol. The zero-order valence-electron chi connectivity index (χ0n) is 20.3. The van der Waals surface area contributed by atoms with E-state index in [1.165, 1.54) is 11.0 Å². The zero-order valence-corrected chi connectivity index (χ0v) is 22.6. The van der Waals surface area contributed by atoms with Gasteiger partial charge in [-0.2, -0.15) is 0 Å². The predicted octanol–water partition coefficient (Wildman–Crippen LogP) is 4.62. The summed E-state index contributed by atoms with van der Waals surface area (Å²) in [7, 11) is -3.95. The Bertz CT molecular complexity index is 1170. The molecule has 2 rings (SSSR count). The molecule has 0 spiro atoms. The van der Waals surface area contributed by atoms with Gasteiger partial charge in [0.25, 0.3) is 0 Å². The van der Waals surface area contributed by atoms with Crippen molar-refractivity contribution in [3.63, 3.8) is 0 Å². The largest absolute Gasteiger partial charge is 0.350 e. The molecule has 0 aliphatic rings. The summed E-state index contributed by atoms with van der Waals surface area (Å²) in [4.78, 5) is 28.0. The molecule has 2 amide bonds. The molecule has 0 bridgehead atoms. The Morgan fingerprint density at radius 1 is 1.09 bits per heavy atom. The smallest absolute Gasteiger partial charge is 0.244 e. The van der Waals surface area contributed by atoms with Crippen LogP contribution in [-0.4, -0.2) is 49.5 Å². The first-order valence-electron chi connectivity index (χ1n) is 10.9. The molecule has 11 heteroatoms. The number of nitrogens with zero attached hydrogens (tertiary/aromatic N) is 2. The first kappa shape index (κ1) is 28.9. The van der Waals surface area contributed by atoms with Gasteiger partial charge in [0.05, 0.1) is 17.0 Å². The van der Waals surface area contributed by atoms with Crippen molar-refractivity contribution in [2.45, 2.75) is 52.2 Å². The van der Waals surface area contributed by atoms with Crippen molar-refractivity contribution in [1.82, 2.24) is 10.2 Å². The molecule has 0 heterocycles. The standard InChI is InChI=1S/C24H30Cl2FN3O4S/c1-6-21(23(32)28-24(2,3)4)29(14-16-7-9-17(25)10-8-16)22(31)15-30(35(5,33)34)18-11-12-20(27)19(26)13-18/h7-13,21H,6,14-15H2,1-5H3,(H,28,32)/t21-/m0/s1. The van der Waals surface area contributed by atoms with Crippen LogP contribution < -0.4 is 9.62 Å². The molecule has 1 N–H and O–H groups in total. The molecule has 2 aromatic rings. The average molecular weight is 546 g/mol. The van der Waals surface area contributed by atoms with Crippen molar-refractivity contribution in [2.75, 3.05) is 17.1 Å². The number of hydrogen-bond acceptors (Lipinski definition) is 4. The molecule has 0 unspecified atom stereocenters. The van der Waals surface area contributed by atoms with Crippen molar-refractivity contribution in [2.24, 2.45) is 0 Å². The number of nitrogens with one attached hydrogen (secondary N) is 1. The van der Waals surface area contributed by atoms with Crippen LogP contribution in [0.1, 0.15) is 39.7 Å². The Hall–Kier alpha value is -2.36. The summed E-state index contributed by atoms with van der Waals surface area (Å²) in [6, 6.07) is 9.31. The predicted molar refractivity (Wildman–Crippen MR) is 138 cm³/mol. The maximum Gasteiger partial charge on any atom is 0.244 e. The van der Waals surface area contributed by atoms with Crippen molar-refractivity contribution in [1.29, 1.82) is 0 Å². The Kier molecular flexibility index (Phi) is 9.56. The molecule has 0 aromatic heterocycles. The van der Waals surface area contributed by atoms with Crippen LogP contribution in [0, 0.1) is 5.82 Å². The summed E-state index contributed by atoms with van der Waals surface area (Å²) in [5.74, 6) is -1.69. The van der Waals surface area contributed by atoms with Gasteiger partial charge in [-0.1, -0.05) is 42.3 Å². The van der Waals surface area contributed by atoms with Crippen LogP contribution in [0.15, 0.2) is 42.5 Å². The van der Waals surface area contributed by atoms with Crippen molar-refractivity contribution in [3.8, 4) is 0 Å². The number of carbonyl (C=O) groups is 2. The molecular weight excluding hydrogens is 516 g/mol. The minimum absolute atomic E-state index is 0.0332. The summed E-state index contributed by atoms with van der Waals surface area (Å²) < 4.78 is 39.6. The van der Waals surface area contributed by atoms with E-state index in [9.17, 15) is 22.4 Å². The van der Waals surface area contributed by atoms with E-state index in [4.69, 9.17) is 23.2 Å². The highest BCUT2D eigenvalue weighted by Gasteiger charge is 2.33. The normalized spacial score (nSPS) is 12.7. The SMILES string of the molecule is CC[C@@H](C(=O)NC(C)(C)C)N(Cc1ccc(Cl)cc1)C(=O)CN(c1ccc(F)c(Cl)c1)S(C)(=O)=O. The van der Waals surface area contributed by atoms with Gasteiger partial charge in [0.1, 0.15) is 18.4 Å². The Morgan fingerprint density at radius 3 is 2.17 bits per heavy atom. The number of anilines is 1. The van der Waals surface area contributed by atoms with Gasteiger partial charge in [0.15, 0.2) is 0 Å². The van der Waals surface area contributed by atoms with E-state index in [0.717, 1.165) is 22.7 Å². The molecule has 0 aliphatic heterocycles. The van der Waals surface area contributed by atoms with E-state index in [1.54, 1.807) is 31.2 Å². The van der Waals surface area contributed by atoms with Gasteiger partial charge >= 0.3 is 0 Å². The zero-order chi connectivity index (χ0) is 26.6. The van der Waals surface area contributed by atoms with Crippen molar-refractivity contribution in [3.05, 3.63) is 63.9 Å². The number of sulfonamides is 1. The topological polar surface area (TPSA) is 86.8 Å². The van der Waals surface area contributed by atoms with E-state index in [0.29, 0.717) is 17.0 Å². The quantitative estimate of drug-likeness (QED) is 0.498. The lowest BCUT2D eigenvalue weighted by atomic mass is 10.1. The summed E-state index contributed by atoms with van der Waals surface area (Å²) >= 11 is 11.8. The molecule has 192 valence electrons. The molecule has 0 saturated carbocycles. The highest BCUT2D eigenvalue weighted by atomic mass is 35.5. The second-order valence-electron chi connectivity index (χ2n) is 9.18. The summed E-state index contributed by atoms with van der Waals surface area (Å²) in [5.41, 5.74) is 0.203. The number of halogens is 3. The van der Waals surface area contributed by atoms with Crippen LogP contribution in [0.25, 0.3) is 0 Å². The van der Waals surface area contributed by atoms with E-state index in [1.807, 2.05) is 20.8 Å². The third-order valence-corrected chi connectivity index (χ3v) is 6.70. The summed E-state index contributed by atoms with van der Waals surface area (Å²) in [5, 5.41) is 3.12. The Balaban J connectivity index is 2.47. The summed E-state index contributed by atoms with van der Waals surface area (Å²) in [6.45, 7) is 6.69. The first-order valence-corrected chi connectivity index (χ1v) is 13.5. The van der Waals surface area contributed by atoms with Crippen LogP contribution in [-0.2, 0) is 26.2 Å². The van der Waals surface area contributed by atoms with Crippen LogP contribution >= 0.6 is 23.2 Å². The molecule has 0 fully saturated rings. The Labute approximate surface area is 216 Å². The number of benzene rings is 2. The van der Waals surface area contributed by atoms with E-state index in [-0.39, 0.29) is 23.2 Å². The molecule has 7 nitrogen and oxygen atoms in total. The number of hydrogen-bond donors (Lipinski definition) is 1. The van der Waals surface area contributed by atoms with Gasteiger partial charge in [-0.05, 0) is 63.1 Å². The average Bonchev–Trinajstić information content (AvgIpc) is 2.73. The highest BCUT2D eigenvalue weighted by Crippen LogP contribution is 2.25. The molecule has 0 saturated heterocycles. The molecule has 2 aromatic carbocycles. The van der Waals surface area contributed by atoms with Gasteiger partial charge < -0.3 is 10.2 Å². The van der Waals surface area contributed by atoms with Gasteiger partial charge in [-0.3, -0.25) is 13.9 Å². The number of rotatable bonds is 9. The third-order valence-electron chi connectivity index (χ3n) is 5.02. The van der Waals surface area contributed by atoms with Crippen molar-refractivity contribution >= 4 is 50.7 Å². The third kappa shape index (κ3) is 8.37.